The molecule has 0 unspecified atom stereocenters. The van der Waals surface area contributed by atoms with Crippen LogP contribution in [0.3, 0.4) is 0 Å². The number of amides is 1. The van der Waals surface area contributed by atoms with Gasteiger partial charge in [0.25, 0.3) is 0 Å². The highest BCUT2D eigenvalue weighted by Gasteiger charge is 2.12. The SMILES string of the molecule is CC(C)n1c(SCC(N)=O)n[nH]c1=O. The zero-order valence-electron chi connectivity index (χ0n) is 7.98. The van der Waals surface area contributed by atoms with Crippen LogP contribution >= 0.6 is 11.8 Å². The number of carbonyl (C=O) groups is 1. The fraction of sp³-hybridized carbons (Fsp3) is 0.571. The Balaban J connectivity index is 2.87. The molecule has 0 radical (unpaired) electrons. The summed E-state index contributed by atoms with van der Waals surface area (Å²) in [6, 6.07) is 0.0108. The smallest absolute Gasteiger partial charge is 0.344 e. The van der Waals surface area contributed by atoms with Crippen molar-refractivity contribution in [3.8, 4) is 0 Å². The van der Waals surface area contributed by atoms with E-state index in [9.17, 15) is 9.59 Å². The van der Waals surface area contributed by atoms with E-state index in [1.807, 2.05) is 13.8 Å². The molecule has 0 spiro atoms. The molecule has 0 aliphatic rings. The lowest BCUT2D eigenvalue weighted by Crippen LogP contribution is -2.20. The van der Waals surface area contributed by atoms with Crippen molar-refractivity contribution >= 4 is 17.7 Å². The van der Waals surface area contributed by atoms with E-state index in [2.05, 4.69) is 10.2 Å². The van der Waals surface area contributed by atoms with Gasteiger partial charge in [0.05, 0.1) is 5.75 Å². The molecule has 3 N–H and O–H groups in total. The van der Waals surface area contributed by atoms with Crippen molar-refractivity contribution in [2.45, 2.75) is 25.0 Å². The monoisotopic (exact) mass is 216 g/mol. The maximum Gasteiger partial charge on any atom is 0.344 e. The molecule has 0 bridgehead atoms. The van der Waals surface area contributed by atoms with Gasteiger partial charge in [0.2, 0.25) is 5.91 Å². The van der Waals surface area contributed by atoms with Gasteiger partial charge >= 0.3 is 5.69 Å². The average Bonchev–Trinajstić information content (AvgIpc) is 2.43. The number of aromatic amines is 1. The minimum Gasteiger partial charge on any atom is -0.369 e. The molecule has 1 rings (SSSR count). The number of rotatable bonds is 4. The van der Waals surface area contributed by atoms with E-state index in [1.165, 1.54) is 4.57 Å². The highest BCUT2D eigenvalue weighted by molar-refractivity contribution is 7.99. The Hall–Kier alpha value is -1.24. The van der Waals surface area contributed by atoms with E-state index in [-0.39, 0.29) is 17.5 Å². The van der Waals surface area contributed by atoms with Gasteiger partial charge in [-0.05, 0) is 13.8 Å². The molecule has 1 amide bonds. The van der Waals surface area contributed by atoms with Crippen LogP contribution in [0.15, 0.2) is 9.95 Å². The summed E-state index contributed by atoms with van der Waals surface area (Å²) in [5, 5.41) is 6.61. The zero-order chi connectivity index (χ0) is 10.7. The Labute approximate surface area is 84.9 Å². The molecular formula is C7H12N4O2S. The number of primary amides is 1. The molecule has 0 atom stereocenters. The molecule has 0 aromatic carbocycles. The van der Waals surface area contributed by atoms with Gasteiger partial charge in [-0.25, -0.2) is 9.89 Å². The molecular weight excluding hydrogens is 204 g/mol. The first-order valence-electron chi connectivity index (χ1n) is 4.10. The second kappa shape index (κ2) is 4.32. The number of nitrogens with one attached hydrogen (secondary N) is 1. The van der Waals surface area contributed by atoms with E-state index in [0.717, 1.165) is 11.8 Å². The minimum absolute atomic E-state index is 0.0108. The standard InChI is InChI=1S/C7H12N4O2S/c1-4(2)11-6(13)9-10-7(11)14-3-5(8)12/h4H,3H2,1-2H3,(H2,8,12)(H,9,13). The lowest BCUT2D eigenvalue weighted by molar-refractivity contribution is -0.115. The first kappa shape index (κ1) is 10.8. The number of carbonyl (C=O) groups excluding carboxylic acids is 1. The van der Waals surface area contributed by atoms with Crippen LogP contribution in [0, 0.1) is 0 Å². The summed E-state index contributed by atoms with van der Waals surface area (Å²) >= 11 is 1.15. The van der Waals surface area contributed by atoms with E-state index in [4.69, 9.17) is 5.73 Å². The molecule has 1 heterocycles. The second-order valence-corrected chi connectivity index (χ2v) is 3.97. The molecule has 7 heteroatoms. The van der Waals surface area contributed by atoms with Crippen molar-refractivity contribution < 1.29 is 4.79 Å². The van der Waals surface area contributed by atoms with E-state index < -0.39 is 5.91 Å². The fourth-order valence-electron chi connectivity index (χ4n) is 0.983. The number of nitrogens with two attached hydrogens (primary N) is 1. The highest BCUT2D eigenvalue weighted by Crippen LogP contribution is 2.15. The third kappa shape index (κ3) is 2.38. The Morgan fingerprint density at radius 3 is 2.86 bits per heavy atom. The molecule has 0 saturated heterocycles. The zero-order valence-corrected chi connectivity index (χ0v) is 8.80. The summed E-state index contributed by atoms with van der Waals surface area (Å²) < 4.78 is 1.48. The molecule has 0 aliphatic carbocycles. The van der Waals surface area contributed by atoms with E-state index >= 15 is 0 Å². The normalized spacial score (nSPS) is 10.8. The molecule has 78 valence electrons. The van der Waals surface area contributed by atoms with Gasteiger partial charge in [0.1, 0.15) is 0 Å². The quantitative estimate of drug-likeness (QED) is 0.677. The maximum absolute atomic E-state index is 11.2. The maximum atomic E-state index is 11.2. The predicted octanol–water partition coefficient (Wildman–Crippen LogP) is -0.270. The largest absolute Gasteiger partial charge is 0.369 e. The number of H-pyrrole nitrogens is 1. The Morgan fingerprint density at radius 1 is 1.71 bits per heavy atom. The van der Waals surface area contributed by atoms with Crippen LogP contribution in [-0.4, -0.2) is 26.4 Å². The summed E-state index contributed by atoms with van der Waals surface area (Å²) in [6.45, 7) is 3.73. The molecule has 0 fully saturated rings. The van der Waals surface area contributed by atoms with Crippen molar-refractivity contribution in [3.05, 3.63) is 10.5 Å². The first-order chi connectivity index (χ1) is 6.52. The van der Waals surface area contributed by atoms with Crippen molar-refractivity contribution in [2.24, 2.45) is 5.73 Å². The lowest BCUT2D eigenvalue weighted by atomic mass is 10.4. The summed E-state index contributed by atoms with van der Waals surface area (Å²) in [5.41, 5.74) is 4.72. The fourth-order valence-corrected chi connectivity index (χ4v) is 1.80. The Kier molecular flexibility index (Phi) is 3.34. The van der Waals surface area contributed by atoms with E-state index in [0.29, 0.717) is 5.16 Å². The van der Waals surface area contributed by atoms with Crippen LogP contribution < -0.4 is 11.4 Å². The minimum atomic E-state index is -0.430. The number of nitrogens with zero attached hydrogens (tertiary/aromatic N) is 2. The third-order valence-corrected chi connectivity index (χ3v) is 2.51. The van der Waals surface area contributed by atoms with Gasteiger partial charge in [-0.1, -0.05) is 11.8 Å². The number of hydrogen-bond donors (Lipinski definition) is 2. The van der Waals surface area contributed by atoms with E-state index in [1.54, 1.807) is 0 Å². The second-order valence-electron chi connectivity index (χ2n) is 3.03. The molecule has 0 aliphatic heterocycles. The Morgan fingerprint density at radius 2 is 2.36 bits per heavy atom. The van der Waals surface area contributed by atoms with Crippen molar-refractivity contribution in [1.29, 1.82) is 0 Å². The summed E-state index contributed by atoms with van der Waals surface area (Å²) in [6.07, 6.45) is 0. The molecule has 14 heavy (non-hydrogen) atoms. The van der Waals surface area contributed by atoms with Crippen LogP contribution in [0.2, 0.25) is 0 Å². The predicted molar refractivity (Wildman–Crippen MR) is 53.2 cm³/mol. The highest BCUT2D eigenvalue weighted by atomic mass is 32.2. The summed E-state index contributed by atoms with van der Waals surface area (Å²) in [7, 11) is 0. The van der Waals surface area contributed by atoms with Crippen LogP contribution in [0.4, 0.5) is 0 Å². The summed E-state index contributed by atoms with van der Waals surface area (Å²) in [5.74, 6) is -0.308. The van der Waals surface area contributed by atoms with Crippen molar-refractivity contribution in [1.82, 2.24) is 14.8 Å². The van der Waals surface area contributed by atoms with Crippen molar-refractivity contribution in [3.63, 3.8) is 0 Å². The first-order valence-corrected chi connectivity index (χ1v) is 5.09. The van der Waals surface area contributed by atoms with Gasteiger partial charge in [0.15, 0.2) is 5.16 Å². The van der Waals surface area contributed by atoms with Crippen molar-refractivity contribution in [2.75, 3.05) is 5.75 Å². The van der Waals surface area contributed by atoms with Crippen LogP contribution in [0.5, 0.6) is 0 Å². The van der Waals surface area contributed by atoms with Crippen LogP contribution in [0.25, 0.3) is 0 Å². The van der Waals surface area contributed by atoms with Gasteiger partial charge in [-0.15, -0.1) is 5.10 Å². The molecule has 6 nitrogen and oxygen atoms in total. The lowest BCUT2D eigenvalue weighted by Gasteiger charge is -2.07. The molecule has 1 aromatic heterocycles. The van der Waals surface area contributed by atoms with Gasteiger partial charge in [-0.3, -0.25) is 9.36 Å². The van der Waals surface area contributed by atoms with Gasteiger partial charge < -0.3 is 5.73 Å². The number of thioether (sulfide) groups is 1. The van der Waals surface area contributed by atoms with Gasteiger partial charge in [0, 0.05) is 6.04 Å². The third-order valence-electron chi connectivity index (χ3n) is 1.53. The average molecular weight is 216 g/mol. The van der Waals surface area contributed by atoms with Gasteiger partial charge in [-0.2, -0.15) is 0 Å². The topological polar surface area (TPSA) is 93.8 Å². The van der Waals surface area contributed by atoms with Crippen LogP contribution in [-0.2, 0) is 4.79 Å². The molecule has 0 saturated carbocycles. The summed E-state index contributed by atoms with van der Waals surface area (Å²) in [4.78, 5) is 21.8. The van der Waals surface area contributed by atoms with Crippen LogP contribution in [0.1, 0.15) is 19.9 Å². The molecule has 1 aromatic rings. The Bertz CT molecular complexity index is 381. The number of aromatic nitrogens is 3. The number of hydrogen-bond acceptors (Lipinski definition) is 4.